The molecule has 20 nitrogen and oxygen atoms in total. The highest BCUT2D eigenvalue weighted by atomic mass is 32.2. The lowest BCUT2D eigenvalue weighted by atomic mass is 9.72. The van der Waals surface area contributed by atoms with E-state index in [1.807, 2.05) is 17.2 Å². The second kappa shape index (κ2) is 22.8. The number of likely N-dealkylation sites (tertiary alicyclic amines) is 1. The van der Waals surface area contributed by atoms with Crippen LogP contribution < -0.4 is 26.6 Å². The van der Waals surface area contributed by atoms with Crippen molar-refractivity contribution in [3.8, 4) is 17.2 Å². The molecule has 0 saturated carbocycles. The number of fused-ring (bicyclic) bond motifs is 3. The summed E-state index contributed by atoms with van der Waals surface area (Å²) in [4.78, 5) is 76.0. The molecule has 7 rings (SSSR count). The first-order valence-electron chi connectivity index (χ1n) is 21.2. The van der Waals surface area contributed by atoms with Gasteiger partial charge in [0.2, 0.25) is 24.0 Å². The number of hydrazine groups is 1. The number of carbonyl (C=O) groups is 6. The zero-order valence-electron chi connectivity index (χ0n) is 36.4. The fourth-order valence-electron chi connectivity index (χ4n) is 8.46. The smallest absolute Gasteiger partial charge is 0.270 e. The van der Waals surface area contributed by atoms with Crippen LogP contribution in [0.25, 0.3) is 0 Å². The number of aliphatic hydroxyl groups excluding tert-OH is 1. The van der Waals surface area contributed by atoms with Gasteiger partial charge in [0.05, 0.1) is 61.1 Å². The van der Waals surface area contributed by atoms with Crippen molar-refractivity contribution in [2.75, 3.05) is 58.6 Å². The number of phenolic OH excluding ortho intramolecular Hbond substituents is 2. The number of ketones is 2. The van der Waals surface area contributed by atoms with Crippen molar-refractivity contribution < 1.29 is 72.9 Å². The molecule has 64 heavy (non-hydrogen) atoms. The number of primary amides is 1. The Morgan fingerprint density at radius 2 is 1.77 bits per heavy atom. The van der Waals surface area contributed by atoms with Crippen molar-refractivity contribution in [2.45, 2.75) is 95.2 Å². The second-order valence-electron chi connectivity index (χ2n) is 15.8. The van der Waals surface area contributed by atoms with E-state index in [0.29, 0.717) is 51.4 Å². The molecule has 6 atom stereocenters. The molecule has 0 bridgehead atoms. The third kappa shape index (κ3) is 11.1. The summed E-state index contributed by atoms with van der Waals surface area (Å²) in [6.45, 7) is 6.92. The summed E-state index contributed by atoms with van der Waals surface area (Å²) < 4.78 is 29.3. The van der Waals surface area contributed by atoms with Gasteiger partial charge in [-0.05, 0) is 44.4 Å². The first-order chi connectivity index (χ1) is 30.7. The maximum absolute atomic E-state index is 13.8. The number of phenols is 2. The maximum Gasteiger partial charge on any atom is 0.270 e. The monoisotopic (exact) mass is 917 g/mol. The van der Waals surface area contributed by atoms with Gasteiger partial charge in [-0.1, -0.05) is 19.1 Å². The number of morpholine rings is 1. The molecule has 2 unspecified atom stereocenters. The van der Waals surface area contributed by atoms with Gasteiger partial charge in [0, 0.05) is 68.6 Å². The molecule has 0 radical (unpaired) electrons. The molecule has 2 aromatic carbocycles. The second-order valence-corrected chi connectivity index (χ2v) is 16.9. The molecule has 21 heteroatoms. The van der Waals surface area contributed by atoms with Crippen molar-refractivity contribution >= 4 is 47.5 Å². The van der Waals surface area contributed by atoms with E-state index in [1.165, 1.54) is 25.3 Å². The Labute approximate surface area is 374 Å². The van der Waals surface area contributed by atoms with E-state index in [-0.39, 0.29) is 64.5 Å². The number of hydrogen-bond donors (Lipinski definition) is 8. The number of piperidine rings is 1. The van der Waals surface area contributed by atoms with Crippen LogP contribution in [0.3, 0.4) is 0 Å². The van der Waals surface area contributed by atoms with E-state index in [1.54, 1.807) is 11.8 Å². The van der Waals surface area contributed by atoms with E-state index >= 15 is 0 Å². The van der Waals surface area contributed by atoms with Gasteiger partial charge in [-0.2, -0.15) is 11.8 Å². The average Bonchev–Trinajstić information content (AvgIpc) is 3.30. The van der Waals surface area contributed by atoms with E-state index in [9.17, 15) is 44.1 Å². The van der Waals surface area contributed by atoms with Gasteiger partial charge in [-0.25, -0.2) is 0 Å². The number of amides is 4. The van der Waals surface area contributed by atoms with Crippen LogP contribution >= 0.6 is 11.8 Å². The summed E-state index contributed by atoms with van der Waals surface area (Å²) in [6.07, 6.45) is -0.706. The minimum absolute atomic E-state index is 0.0349. The van der Waals surface area contributed by atoms with Crippen LogP contribution in [0, 0.1) is 5.92 Å². The molecule has 2 aromatic rings. The first-order valence-corrected chi connectivity index (χ1v) is 22.3. The normalized spacial score (nSPS) is 25.2. The Bertz CT molecular complexity index is 2030. The topological polar surface area (TPSA) is 295 Å². The van der Waals surface area contributed by atoms with Crippen LogP contribution in [0.1, 0.15) is 101 Å². The molecule has 3 aliphatic heterocycles. The number of methoxy groups -OCH3 is 1. The Balaban J connectivity index is 0.000000361. The minimum atomic E-state index is -2.28. The number of benzene rings is 2. The Morgan fingerprint density at radius 1 is 1.05 bits per heavy atom. The zero-order chi connectivity index (χ0) is 46.7. The van der Waals surface area contributed by atoms with Crippen molar-refractivity contribution in [2.24, 2.45) is 11.7 Å². The standard InChI is InChI=1S/C31H35N3O12.C11H20N2O2S.CH4O/c1-14-17(45-20-12-43-9-8-32-20)6-7-21(44-14)46-19-11-31(41,30(40)34-33-13-35)10-16-23(19)29(39)25-24(27(16)37)26(36)15-4-3-5-18(42-2)22(15)28(25)38;1-2-7-16-8-10(14)13-5-3-9(4-6-13)11(12)15;1-2/h3-5,13-14,17,19-21,32,37,39,41H,6-12H2,1-2H3,(H,33,35)(H,34,40);9H,2-8H2,1H3,(H2,12,15);2H,1H3/t14-,17-,19-,20?,21?,31-;;/m0../s1. The third-order valence-corrected chi connectivity index (χ3v) is 12.8. The number of nitrogens with one attached hydrogen (secondary N) is 3. The number of thioether (sulfide) groups is 1. The molecule has 4 amide bonds. The van der Waals surface area contributed by atoms with Gasteiger partial charge >= 0.3 is 0 Å². The van der Waals surface area contributed by atoms with Crippen LogP contribution in [0.15, 0.2) is 18.2 Å². The van der Waals surface area contributed by atoms with E-state index in [0.717, 1.165) is 32.1 Å². The van der Waals surface area contributed by atoms with Gasteiger partial charge in [-0.15, -0.1) is 0 Å². The van der Waals surface area contributed by atoms with E-state index in [4.69, 9.17) is 34.5 Å². The van der Waals surface area contributed by atoms with Gasteiger partial charge in [-0.3, -0.25) is 44.9 Å². The van der Waals surface area contributed by atoms with E-state index in [2.05, 4.69) is 17.7 Å². The Morgan fingerprint density at radius 3 is 2.39 bits per heavy atom. The summed E-state index contributed by atoms with van der Waals surface area (Å²) in [7, 11) is 2.34. The predicted molar refractivity (Wildman–Crippen MR) is 229 cm³/mol. The van der Waals surface area contributed by atoms with Crippen molar-refractivity contribution in [1.29, 1.82) is 0 Å². The Kier molecular flexibility index (Phi) is 17.9. The lowest BCUT2D eigenvalue weighted by Crippen LogP contribution is -2.55. The van der Waals surface area contributed by atoms with Crippen LogP contribution in [-0.2, 0) is 44.5 Å². The molecular formula is C43H59N5O15S. The predicted octanol–water partition coefficient (Wildman–Crippen LogP) is 0.712. The fourth-order valence-corrected chi connectivity index (χ4v) is 9.25. The van der Waals surface area contributed by atoms with Gasteiger partial charge in [0.25, 0.3) is 5.91 Å². The molecule has 3 fully saturated rings. The quantitative estimate of drug-likeness (QED) is 0.0507. The minimum Gasteiger partial charge on any atom is -0.507 e. The maximum atomic E-state index is 13.8. The number of hydrogen-bond acceptors (Lipinski definition) is 17. The highest BCUT2D eigenvalue weighted by Crippen LogP contribution is 2.52. The molecule has 0 aromatic heterocycles. The van der Waals surface area contributed by atoms with E-state index < -0.39 is 77.0 Å². The molecule has 9 N–H and O–H groups in total. The summed E-state index contributed by atoms with van der Waals surface area (Å²) >= 11 is 1.68. The highest BCUT2D eigenvalue weighted by molar-refractivity contribution is 7.99. The summed E-state index contributed by atoms with van der Waals surface area (Å²) in [5.74, 6) is -2.23. The van der Waals surface area contributed by atoms with Crippen molar-refractivity contribution in [3.05, 3.63) is 51.6 Å². The number of nitrogens with two attached hydrogens (primary N) is 1. The molecule has 3 saturated heterocycles. The molecule has 2 aliphatic carbocycles. The van der Waals surface area contributed by atoms with Crippen LogP contribution in [0.2, 0.25) is 0 Å². The molecule has 5 aliphatic rings. The van der Waals surface area contributed by atoms with Gasteiger partial charge in [0.1, 0.15) is 23.5 Å². The first kappa shape index (κ1) is 50.1. The van der Waals surface area contributed by atoms with Gasteiger partial charge in [0.15, 0.2) is 17.7 Å². The number of aliphatic hydroxyl groups is 2. The number of ether oxygens (including phenoxy) is 5. The Hall–Kier alpha value is -4.87. The van der Waals surface area contributed by atoms with Gasteiger partial charge < -0.3 is 54.7 Å². The summed E-state index contributed by atoms with van der Waals surface area (Å²) in [5.41, 5.74) is 5.74. The number of aromatic hydroxyl groups is 2. The highest BCUT2D eigenvalue weighted by Gasteiger charge is 2.50. The largest absolute Gasteiger partial charge is 0.507 e. The molecule has 0 spiro atoms. The lowest BCUT2D eigenvalue weighted by Gasteiger charge is -2.42. The summed E-state index contributed by atoms with van der Waals surface area (Å²) in [6, 6.07) is 4.41. The zero-order valence-corrected chi connectivity index (χ0v) is 37.2. The van der Waals surface area contributed by atoms with Crippen molar-refractivity contribution in [3.63, 3.8) is 0 Å². The van der Waals surface area contributed by atoms with Crippen LogP contribution in [-0.4, -0.2) is 150 Å². The van der Waals surface area contributed by atoms with Crippen LogP contribution in [0.4, 0.5) is 0 Å². The lowest BCUT2D eigenvalue weighted by molar-refractivity contribution is -0.258. The van der Waals surface area contributed by atoms with Crippen molar-refractivity contribution in [1.82, 2.24) is 21.1 Å². The number of nitrogens with zero attached hydrogens (tertiary/aromatic N) is 1. The SMILES string of the molecule is CCCSCC(=O)N1CCC(C(N)=O)CC1.CO.COc1cccc2c1C(=O)c1c(O)c3c(c(O)c1C2=O)C[C@@](O)(C(=O)NNC=O)C[C@@H]3OC1CC[C@H](OC2COCCN2)[C@H](C)O1. The third-order valence-electron chi connectivity index (χ3n) is 11.7. The molecule has 352 valence electrons. The number of rotatable bonds is 13. The number of carbonyl (C=O) groups excluding carboxylic acids is 6. The van der Waals surface area contributed by atoms with Crippen LogP contribution in [0.5, 0.6) is 17.2 Å². The summed E-state index contributed by atoms with van der Waals surface area (Å²) in [5, 5.41) is 45.0. The molecule has 3 heterocycles. The fraction of sp³-hybridized carbons (Fsp3) is 0.581. The average molecular weight is 918 g/mol. The molecular weight excluding hydrogens is 859 g/mol.